The zero-order valence-corrected chi connectivity index (χ0v) is 44.2. The maximum absolute atomic E-state index is 12.5. The van der Waals surface area contributed by atoms with E-state index in [1.54, 1.807) is 7.05 Å². The van der Waals surface area contributed by atoms with Gasteiger partial charge in [0.15, 0.2) is 11.6 Å². The average Bonchev–Trinajstić information content (AvgIpc) is 3.37. The molecule has 0 spiro atoms. The van der Waals surface area contributed by atoms with Gasteiger partial charge in [0.2, 0.25) is 29.5 Å². The molecule has 0 radical (unpaired) electrons. The number of aliphatic hydroxyl groups excluding tert-OH is 1. The second-order valence-corrected chi connectivity index (χ2v) is 18.1. The van der Waals surface area contributed by atoms with Crippen LogP contribution in [0, 0.1) is 5.92 Å². The summed E-state index contributed by atoms with van der Waals surface area (Å²) in [5.74, 6) is -9.22. The largest absolute Gasteiger partial charge is 0.481 e. The molecule has 0 aromatic rings. The second kappa shape index (κ2) is 46.6. The first-order chi connectivity index (χ1) is 36.4. The van der Waals surface area contributed by atoms with Crippen molar-refractivity contribution in [3.8, 4) is 0 Å². The van der Waals surface area contributed by atoms with Crippen molar-refractivity contribution in [3.63, 3.8) is 0 Å². The summed E-state index contributed by atoms with van der Waals surface area (Å²) >= 11 is 0. The molecular weight excluding hydrogens is 1000 g/mol. The number of amides is 5. The van der Waals surface area contributed by atoms with Gasteiger partial charge in [-0.1, -0.05) is 51.4 Å². The Hall–Kier alpha value is -5.67. The first kappa shape index (κ1) is 70.3. The number of carboxylic acids is 4. The predicted molar refractivity (Wildman–Crippen MR) is 272 cm³/mol. The lowest BCUT2D eigenvalue weighted by Gasteiger charge is -2.16. The summed E-state index contributed by atoms with van der Waals surface area (Å²) in [6.07, 6.45) is 9.70. The number of unbranched alkanes of at least 4 members (excludes halogenated alkanes) is 10. The van der Waals surface area contributed by atoms with Gasteiger partial charge >= 0.3 is 23.9 Å². The fraction of sp³-hybridized carbons (Fsp3) is 0.780. The molecule has 11 N–H and O–H groups in total. The van der Waals surface area contributed by atoms with E-state index in [1.165, 1.54) is 0 Å². The van der Waals surface area contributed by atoms with Crippen molar-refractivity contribution in [2.45, 2.75) is 159 Å². The van der Waals surface area contributed by atoms with Crippen molar-refractivity contribution >= 4 is 65.0 Å². The van der Waals surface area contributed by atoms with Crippen LogP contribution in [0.25, 0.3) is 0 Å². The van der Waals surface area contributed by atoms with E-state index < -0.39 is 97.0 Å². The van der Waals surface area contributed by atoms with E-state index >= 15 is 0 Å². The van der Waals surface area contributed by atoms with E-state index in [2.05, 4.69) is 31.9 Å². The fourth-order valence-electron chi connectivity index (χ4n) is 7.35. The van der Waals surface area contributed by atoms with Gasteiger partial charge in [0.05, 0.1) is 51.6 Å². The molecule has 4 atom stereocenters. The Balaban J connectivity index is 4.02. The lowest BCUT2D eigenvalue weighted by atomic mass is 9.97. The Morgan fingerprint density at radius 1 is 0.408 bits per heavy atom. The minimum atomic E-state index is -1.41. The number of rotatable bonds is 53. The monoisotopic (exact) mass is 1090 g/mol. The van der Waals surface area contributed by atoms with Gasteiger partial charge in [0.1, 0.15) is 31.9 Å². The number of hydrogen-bond acceptors (Lipinski definition) is 17. The number of carbonyl (C=O) groups is 11. The molecule has 0 aromatic heterocycles. The fourth-order valence-corrected chi connectivity index (χ4v) is 7.35. The zero-order chi connectivity index (χ0) is 56.8. The molecule has 0 bridgehead atoms. The number of aliphatic hydroxyl groups is 1. The van der Waals surface area contributed by atoms with E-state index in [9.17, 15) is 68.1 Å². The number of carboxylic acid groups (broad SMARTS) is 4. The molecule has 0 rings (SSSR count). The molecule has 0 aliphatic carbocycles. The summed E-state index contributed by atoms with van der Waals surface area (Å²) in [5.41, 5.74) is 0. The lowest BCUT2D eigenvalue weighted by Crippen LogP contribution is -2.42. The van der Waals surface area contributed by atoms with Gasteiger partial charge in [0.25, 0.3) is 0 Å². The molecule has 5 amide bonds. The van der Waals surface area contributed by atoms with E-state index in [0.29, 0.717) is 32.1 Å². The minimum Gasteiger partial charge on any atom is -0.481 e. The molecule has 0 aliphatic heterocycles. The Labute approximate surface area is 444 Å². The first-order valence-electron chi connectivity index (χ1n) is 26.3. The Kier molecular flexibility index (Phi) is 43.1. The van der Waals surface area contributed by atoms with Crippen LogP contribution in [-0.4, -0.2) is 195 Å². The molecular formula is C50H86N6O20. The standard InChI is InChI=1S/C50H86N6O20/c1-51-38(41(59)33-57)14-12-13-23-52-42(60)21-18-40(50(71)72)56-45(63)20-17-36(48(67)68)32-37(58)34-75-30-28-74-27-25-54-46(64)35-76-31-29-73-26-24-53-43(61)22-19-39(49(69)70)55-44(62)15-10-8-6-4-2-3-5-7-9-11-16-47(65)66/h36,38-40,51,57H,2-35H2,1H3,(H,52,60)(H,53,61)(H,54,64)(H,55,62)(H,56,63)(H,65,66)(H,67,68)(H,69,70)(H,71,72)/t36-,38+,39+,40+/m1/s1. The van der Waals surface area contributed by atoms with E-state index in [1.807, 2.05) is 0 Å². The van der Waals surface area contributed by atoms with Crippen LogP contribution in [0.5, 0.6) is 0 Å². The van der Waals surface area contributed by atoms with Crippen LogP contribution in [0.2, 0.25) is 0 Å². The number of nitrogens with one attached hydrogen (secondary N) is 6. The predicted octanol–water partition coefficient (Wildman–Crippen LogP) is 0.626. The Morgan fingerprint density at radius 2 is 0.855 bits per heavy atom. The number of ether oxygens (including phenoxy) is 4. The molecule has 0 aromatic carbocycles. The molecule has 0 saturated carbocycles. The van der Waals surface area contributed by atoms with Gasteiger partial charge in [-0.25, -0.2) is 9.59 Å². The number of likely N-dealkylation sites (N-methyl/N-ethyl adjacent to an activating group) is 1. The van der Waals surface area contributed by atoms with Gasteiger partial charge < -0.3 is 76.4 Å². The van der Waals surface area contributed by atoms with Crippen molar-refractivity contribution in [1.82, 2.24) is 31.9 Å². The Bertz CT molecular complexity index is 1740. The third-order valence-corrected chi connectivity index (χ3v) is 11.7. The lowest BCUT2D eigenvalue weighted by molar-refractivity contribution is -0.145. The van der Waals surface area contributed by atoms with Crippen molar-refractivity contribution in [3.05, 3.63) is 0 Å². The third kappa shape index (κ3) is 41.6. The third-order valence-electron chi connectivity index (χ3n) is 11.7. The highest BCUT2D eigenvalue weighted by Crippen LogP contribution is 2.15. The minimum absolute atomic E-state index is 0.0115. The van der Waals surface area contributed by atoms with Crippen LogP contribution < -0.4 is 31.9 Å². The highest BCUT2D eigenvalue weighted by Gasteiger charge is 2.26. The molecule has 0 unspecified atom stereocenters. The van der Waals surface area contributed by atoms with Crippen molar-refractivity contribution < 1.29 is 97.2 Å². The van der Waals surface area contributed by atoms with Gasteiger partial charge in [-0.05, 0) is 58.4 Å². The van der Waals surface area contributed by atoms with Crippen molar-refractivity contribution in [1.29, 1.82) is 0 Å². The quantitative estimate of drug-likeness (QED) is 0.0372. The second-order valence-electron chi connectivity index (χ2n) is 18.1. The molecule has 0 heterocycles. The number of ketones is 2. The molecule has 26 nitrogen and oxygen atoms in total. The van der Waals surface area contributed by atoms with Gasteiger partial charge in [-0.2, -0.15) is 0 Å². The van der Waals surface area contributed by atoms with Gasteiger partial charge in [0, 0.05) is 58.2 Å². The summed E-state index contributed by atoms with van der Waals surface area (Å²) < 4.78 is 21.2. The van der Waals surface area contributed by atoms with Gasteiger partial charge in [-0.3, -0.25) is 43.2 Å². The topological polar surface area (TPSA) is 398 Å². The average molecular weight is 1090 g/mol. The summed E-state index contributed by atoms with van der Waals surface area (Å²) in [5, 5.41) is 61.7. The van der Waals surface area contributed by atoms with Crippen LogP contribution in [0.3, 0.4) is 0 Å². The van der Waals surface area contributed by atoms with Crippen LogP contribution in [-0.2, 0) is 71.7 Å². The summed E-state index contributed by atoms with van der Waals surface area (Å²) in [7, 11) is 1.60. The maximum Gasteiger partial charge on any atom is 0.326 e. The molecule has 0 saturated heterocycles. The summed E-state index contributed by atoms with van der Waals surface area (Å²) in [6.45, 7) is -0.144. The maximum atomic E-state index is 12.5. The van der Waals surface area contributed by atoms with Crippen LogP contribution in [0.4, 0.5) is 0 Å². The molecule has 436 valence electrons. The first-order valence-corrected chi connectivity index (χ1v) is 26.3. The van der Waals surface area contributed by atoms with Crippen LogP contribution in [0.1, 0.15) is 141 Å². The zero-order valence-electron chi connectivity index (χ0n) is 44.2. The van der Waals surface area contributed by atoms with E-state index in [4.69, 9.17) is 29.2 Å². The molecule has 0 fully saturated rings. The van der Waals surface area contributed by atoms with Gasteiger partial charge in [-0.15, -0.1) is 0 Å². The van der Waals surface area contributed by atoms with Crippen molar-refractivity contribution in [2.75, 3.05) is 86.1 Å². The number of carbonyl (C=O) groups excluding carboxylic acids is 7. The smallest absolute Gasteiger partial charge is 0.326 e. The van der Waals surface area contributed by atoms with E-state index in [-0.39, 0.29) is 129 Å². The van der Waals surface area contributed by atoms with Crippen LogP contribution in [0.15, 0.2) is 0 Å². The van der Waals surface area contributed by atoms with Crippen LogP contribution >= 0.6 is 0 Å². The molecule has 26 heteroatoms. The number of aliphatic carboxylic acids is 4. The highest BCUT2D eigenvalue weighted by atomic mass is 16.5. The highest BCUT2D eigenvalue weighted by molar-refractivity contribution is 5.87. The normalized spacial score (nSPS) is 12.6. The summed E-state index contributed by atoms with van der Waals surface area (Å²) in [6, 6.07) is -3.09. The van der Waals surface area contributed by atoms with Crippen molar-refractivity contribution in [2.24, 2.45) is 5.92 Å². The Morgan fingerprint density at radius 3 is 1.34 bits per heavy atom. The number of Topliss-reactive ketones (excluding diaryl/α,β-unsaturated/α-hetero) is 2. The summed E-state index contributed by atoms with van der Waals surface area (Å²) in [4.78, 5) is 131. The number of hydrogen-bond donors (Lipinski definition) is 11. The molecule has 76 heavy (non-hydrogen) atoms. The molecule has 0 aliphatic rings. The van der Waals surface area contributed by atoms with E-state index in [0.717, 1.165) is 51.4 Å². The SMILES string of the molecule is CN[C@@H](CCCCNC(=O)CC[C@H](NC(=O)CC[C@H](CC(=O)COCCOCCNC(=O)COCCOCCNC(=O)CC[C@H](NC(=O)CCCCCCCCCCCCC(=O)O)C(=O)O)C(=O)O)C(=O)O)C(=O)CO.